The summed E-state index contributed by atoms with van der Waals surface area (Å²) in [6.07, 6.45) is 12.3. The molecule has 1 atom stereocenters. The fourth-order valence-electron chi connectivity index (χ4n) is 5.23. The molecule has 0 spiro atoms. The van der Waals surface area contributed by atoms with Crippen LogP contribution in [-0.2, 0) is 0 Å². The van der Waals surface area contributed by atoms with E-state index >= 15 is 0 Å². The zero-order chi connectivity index (χ0) is 26.9. The molecule has 1 unspecified atom stereocenters. The van der Waals surface area contributed by atoms with E-state index in [1.54, 1.807) is 5.57 Å². The minimum absolute atomic E-state index is 0.0297. The van der Waals surface area contributed by atoms with E-state index in [2.05, 4.69) is 48.1 Å². The van der Waals surface area contributed by atoms with E-state index in [0.717, 1.165) is 37.2 Å². The van der Waals surface area contributed by atoms with Crippen molar-refractivity contribution in [2.45, 2.75) is 73.0 Å². The number of benzene rings is 1. The van der Waals surface area contributed by atoms with Gasteiger partial charge in [-0.15, -0.1) is 0 Å². The number of hydrogen-bond acceptors (Lipinski definition) is 5. The largest absolute Gasteiger partial charge is 0.490 e. The monoisotopic (exact) mass is 500 g/mol. The first-order valence-corrected chi connectivity index (χ1v) is 13.8. The quantitative estimate of drug-likeness (QED) is 0.409. The van der Waals surface area contributed by atoms with Crippen LogP contribution in [0.2, 0.25) is 0 Å². The maximum atomic E-state index is 9.54. The van der Waals surface area contributed by atoms with Crippen molar-refractivity contribution in [1.29, 1.82) is 5.26 Å². The summed E-state index contributed by atoms with van der Waals surface area (Å²) >= 11 is 0. The van der Waals surface area contributed by atoms with Crippen molar-refractivity contribution in [2.24, 2.45) is 4.99 Å². The molecule has 0 aromatic heterocycles. The van der Waals surface area contributed by atoms with Crippen LogP contribution in [0.25, 0.3) is 0 Å². The molecule has 1 aliphatic heterocycles. The van der Waals surface area contributed by atoms with Gasteiger partial charge in [-0.05, 0) is 94.5 Å². The molecule has 2 bridgehead atoms. The topological polar surface area (TPSA) is 51.9 Å². The molecule has 0 amide bonds. The van der Waals surface area contributed by atoms with Gasteiger partial charge in [0.1, 0.15) is 11.8 Å². The van der Waals surface area contributed by atoms with Crippen LogP contribution in [0.4, 0.5) is 0 Å². The van der Waals surface area contributed by atoms with E-state index in [4.69, 9.17) is 9.73 Å². The molecule has 5 nitrogen and oxygen atoms in total. The average molecular weight is 501 g/mol. The van der Waals surface area contributed by atoms with Gasteiger partial charge in [-0.25, -0.2) is 0 Å². The van der Waals surface area contributed by atoms with Gasteiger partial charge in [0.05, 0.1) is 11.7 Å². The van der Waals surface area contributed by atoms with Crippen molar-refractivity contribution in [1.82, 2.24) is 9.80 Å². The summed E-state index contributed by atoms with van der Waals surface area (Å²) in [4.78, 5) is 9.89. The number of hydrogen-bond donors (Lipinski definition) is 0. The molecule has 0 radical (unpaired) electrons. The minimum atomic E-state index is 0.0297. The Morgan fingerprint density at radius 1 is 1.16 bits per heavy atom. The van der Waals surface area contributed by atoms with Crippen molar-refractivity contribution in [3.05, 3.63) is 76.0 Å². The summed E-state index contributed by atoms with van der Waals surface area (Å²) < 4.78 is 5.75. The van der Waals surface area contributed by atoms with Crippen molar-refractivity contribution >= 4 is 5.71 Å². The summed E-state index contributed by atoms with van der Waals surface area (Å²) in [6, 6.07) is 8.54. The molecule has 5 heteroatoms. The molecule has 0 N–H and O–H groups in total. The first-order chi connectivity index (χ1) is 17.9. The Morgan fingerprint density at radius 3 is 2.57 bits per heavy atom. The lowest BCUT2D eigenvalue weighted by atomic mass is 9.82. The Hall–Kier alpha value is -2.94. The lowest BCUT2D eigenvalue weighted by Crippen LogP contribution is -2.50. The molecule has 37 heavy (non-hydrogen) atoms. The highest BCUT2D eigenvalue weighted by atomic mass is 16.5. The third kappa shape index (κ3) is 7.31. The van der Waals surface area contributed by atoms with E-state index in [-0.39, 0.29) is 6.10 Å². The second-order valence-corrected chi connectivity index (χ2v) is 10.2. The van der Waals surface area contributed by atoms with Crippen LogP contribution in [0.15, 0.2) is 69.9 Å². The number of allylic oxidation sites excluding steroid dienone is 6. The third-order valence-corrected chi connectivity index (χ3v) is 7.25. The van der Waals surface area contributed by atoms with Crippen LogP contribution < -0.4 is 4.74 Å². The van der Waals surface area contributed by atoms with Gasteiger partial charge in [0.25, 0.3) is 0 Å². The number of ether oxygens (including phenoxy) is 1. The van der Waals surface area contributed by atoms with Gasteiger partial charge in [0.15, 0.2) is 0 Å². The highest BCUT2D eigenvalue weighted by molar-refractivity contribution is 5.99. The van der Waals surface area contributed by atoms with Gasteiger partial charge in [0.2, 0.25) is 0 Å². The Morgan fingerprint density at radius 2 is 1.89 bits per heavy atom. The molecule has 1 aromatic rings. The average Bonchev–Trinajstić information content (AvgIpc) is 3.07. The second kappa shape index (κ2) is 13.6. The number of likely N-dealkylation sites (N-methyl/N-ethyl adjacent to an activating group) is 1. The van der Waals surface area contributed by atoms with Gasteiger partial charge >= 0.3 is 0 Å². The molecule has 1 saturated heterocycles. The standard InChI is InChI=1S/C30H38N4O.C2H6/c1-21(2)35-30-12-10-24(17-27(30)19-31)23(4)32-20-22(3)28-8-6-7-26-18-25(28)9-11-29(26)34-15-13-33(5)14-16-34;1-2/h6-8,10,12,17,20-21,29H,9,11,13-16,18H2,1-5H3;1-2H3/b22-20+,32-23?;. The molecule has 1 saturated carbocycles. The van der Waals surface area contributed by atoms with Gasteiger partial charge in [0, 0.05) is 44.1 Å². The van der Waals surface area contributed by atoms with Gasteiger partial charge in [-0.3, -0.25) is 9.89 Å². The number of fused-ring (bicyclic) bond motifs is 2. The Labute approximate surface area is 224 Å². The first kappa shape index (κ1) is 28.6. The van der Waals surface area contributed by atoms with E-state index in [0.29, 0.717) is 17.4 Å². The molecular weight excluding hydrogens is 456 g/mol. The normalized spacial score (nSPS) is 21.2. The Balaban J connectivity index is 0.00000186. The molecular formula is C32H44N4O. The van der Waals surface area contributed by atoms with Gasteiger partial charge in [-0.2, -0.15) is 5.26 Å². The van der Waals surface area contributed by atoms with Crippen molar-refractivity contribution in [2.75, 3.05) is 33.2 Å². The predicted octanol–water partition coefficient (Wildman–Crippen LogP) is 6.68. The Kier molecular flexibility index (Phi) is 10.5. The van der Waals surface area contributed by atoms with E-state index in [1.807, 2.05) is 59.0 Å². The second-order valence-electron chi connectivity index (χ2n) is 10.2. The Bertz CT molecular complexity index is 1140. The summed E-state index contributed by atoms with van der Waals surface area (Å²) in [7, 11) is 2.22. The minimum Gasteiger partial charge on any atom is -0.490 e. The first-order valence-electron chi connectivity index (χ1n) is 13.8. The van der Waals surface area contributed by atoms with E-state index < -0.39 is 0 Å². The molecule has 1 heterocycles. The highest BCUT2D eigenvalue weighted by Crippen LogP contribution is 2.37. The van der Waals surface area contributed by atoms with Crippen molar-refractivity contribution < 1.29 is 4.74 Å². The third-order valence-electron chi connectivity index (χ3n) is 7.25. The van der Waals surface area contributed by atoms with Crippen LogP contribution in [0, 0.1) is 11.3 Å². The summed E-state index contributed by atoms with van der Waals surface area (Å²) in [5, 5.41) is 9.54. The highest BCUT2D eigenvalue weighted by Gasteiger charge is 2.30. The van der Waals surface area contributed by atoms with Crippen molar-refractivity contribution in [3.63, 3.8) is 0 Å². The molecule has 1 aromatic carbocycles. The summed E-state index contributed by atoms with van der Waals surface area (Å²) in [5.74, 6) is 0.622. The van der Waals surface area contributed by atoms with Crippen LogP contribution in [0.1, 0.15) is 71.9 Å². The molecule has 4 rings (SSSR count). The lowest BCUT2D eigenvalue weighted by molar-refractivity contribution is 0.117. The molecule has 198 valence electrons. The number of rotatable bonds is 6. The SMILES string of the molecule is CC.CC(=N/C=C(\C)C1=C2CCC(N3CCN(C)CC3)C(=CC=C1)C2)c1ccc(OC(C)C)c(C#N)c1. The fourth-order valence-corrected chi connectivity index (χ4v) is 5.23. The van der Waals surface area contributed by atoms with E-state index in [1.165, 1.54) is 36.2 Å². The van der Waals surface area contributed by atoms with Crippen LogP contribution in [0.3, 0.4) is 0 Å². The number of aliphatic imine (C=N–C) groups is 1. The molecule has 2 aliphatic carbocycles. The molecule has 3 aliphatic rings. The zero-order valence-corrected chi connectivity index (χ0v) is 23.8. The lowest BCUT2D eigenvalue weighted by Gasteiger charge is -2.41. The maximum Gasteiger partial charge on any atom is 0.137 e. The summed E-state index contributed by atoms with van der Waals surface area (Å²) in [5.41, 5.74) is 7.96. The van der Waals surface area contributed by atoms with Gasteiger partial charge < -0.3 is 9.64 Å². The predicted molar refractivity (Wildman–Crippen MR) is 155 cm³/mol. The van der Waals surface area contributed by atoms with Crippen molar-refractivity contribution in [3.8, 4) is 11.8 Å². The fraction of sp³-hybridized carbons (Fsp3) is 0.500. The smallest absolute Gasteiger partial charge is 0.137 e. The van der Waals surface area contributed by atoms with Crippen LogP contribution in [0.5, 0.6) is 5.75 Å². The van der Waals surface area contributed by atoms with Gasteiger partial charge in [-0.1, -0.05) is 37.6 Å². The maximum absolute atomic E-state index is 9.54. The molecule has 2 fully saturated rings. The number of piperazine rings is 1. The van der Waals surface area contributed by atoms with Crippen LogP contribution in [-0.4, -0.2) is 60.9 Å². The summed E-state index contributed by atoms with van der Waals surface area (Å²) in [6.45, 7) is 16.7. The zero-order valence-electron chi connectivity index (χ0n) is 23.8. The number of nitriles is 1. The van der Waals surface area contributed by atoms with Crippen LogP contribution >= 0.6 is 0 Å². The van der Waals surface area contributed by atoms with E-state index in [9.17, 15) is 5.26 Å². The number of nitrogens with zero attached hydrogens (tertiary/aromatic N) is 4.